The second kappa shape index (κ2) is 12.5. The molecule has 7 heteroatoms. The average Bonchev–Trinajstić information content (AvgIpc) is 3.21. The van der Waals surface area contributed by atoms with E-state index in [1.165, 1.54) is 6.08 Å². The Morgan fingerprint density at radius 3 is 2.21 bits per heavy atom. The molecule has 0 bridgehead atoms. The average molecular weight is 575 g/mol. The fraction of sp³-hybridized carbons (Fsp3) is 0.194. The van der Waals surface area contributed by atoms with E-state index in [0.717, 1.165) is 15.6 Å². The van der Waals surface area contributed by atoms with Gasteiger partial charge in [-0.1, -0.05) is 89.2 Å². The third-order valence-corrected chi connectivity index (χ3v) is 6.81. The molecule has 0 aliphatic carbocycles. The van der Waals surface area contributed by atoms with Crippen molar-refractivity contribution in [2.24, 2.45) is 0 Å². The molecule has 1 heterocycles. The monoisotopic (exact) mass is 574 g/mol. The van der Waals surface area contributed by atoms with Gasteiger partial charge in [0.05, 0.1) is 6.42 Å². The van der Waals surface area contributed by atoms with E-state index in [1.807, 2.05) is 60.7 Å². The van der Waals surface area contributed by atoms with Crippen molar-refractivity contribution in [3.05, 3.63) is 124 Å². The summed E-state index contributed by atoms with van der Waals surface area (Å²) >= 11 is 3.46. The van der Waals surface area contributed by atoms with Crippen LogP contribution in [0.4, 0.5) is 0 Å². The summed E-state index contributed by atoms with van der Waals surface area (Å²) in [5, 5.41) is 0. The van der Waals surface area contributed by atoms with E-state index in [1.54, 1.807) is 24.3 Å². The predicted octanol–water partition coefficient (Wildman–Crippen LogP) is 6.38. The number of halogens is 1. The Balaban J connectivity index is 1.44. The molecule has 4 rings (SSSR count). The first kappa shape index (κ1) is 27.1. The normalized spacial score (nSPS) is 16.1. The standard InChI is InChI=1S/C31H27BrO6/c1-22(18-29(34)37-21-24-12-6-3-7-13-24)31(26-19-25(32)15-16-27(26)38-30(31)35)17-9-8-14-28(33)36-20-23-10-4-2-5-11-23/h2-8,10-16,19H,1,9,17-18,20-21H2/b14-8+. The third kappa shape index (κ3) is 6.47. The van der Waals surface area contributed by atoms with Gasteiger partial charge >= 0.3 is 17.9 Å². The Labute approximate surface area is 230 Å². The molecule has 3 aromatic rings. The van der Waals surface area contributed by atoms with Gasteiger partial charge in [-0.25, -0.2) is 4.79 Å². The van der Waals surface area contributed by atoms with E-state index in [9.17, 15) is 14.4 Å². The lowest BCUT2D eigenvalue weighted by atomic mass is 9.71. The zero-order valence-corrected chi connectivity index (χ0v) is 22.3. The predicted molar refractivity (Wildman–Crippen MR) is 146 cm³/mol. The van der Waals surface area contributed by atoms with E-state index >= 15 is 0 Å². The Morgan fingerprint density at radius 1 is 0.921 bits per heavy atom. The molecular weight excluding hydrogens is 548 g/mol. The zero-order valence-electron chi connectivity index (χ0n) is 20.7. The van der Waals surface area contributed by atoms with Crippen LogP contribution in [0.2, 0.25) is 0 Å². The van der Waals surface area contributed by atoms with Crippen LogP contribution >= 0.6 is 15.9 Å². The molecule has 0 spiro atoms. The van der Waals surface area contributed by atoms with E-state index in [0.29, 0.717) is 23.3 Å². The number of esters is 3. The van der Waals surface area contributed by atoms with Gasteiger partial charge in [-0.15, -0.1) is 0 Å². The maximum absolute atomic E-state index is 13.3. The zero-order chi connectivity index (χ0) is 27.0. The summed E-state index contributed by atoms with van der Waals surface area (Å²) in [4.78, 5) is 38.2. The number of rotatable bonds is 11. The van der Waals surface area contributed by atoms with Crippen molar-refractivity contribution in [3.63, 3.8) is 0 Å². The van der Waals surface area contributed by atoms with Gasteiger partial charge in [0.2, 0.25) is 0 Å². The van der Waals surface area contributed by atoms with Crippen LogP contribution in [0.1, 0.15) is 36.0 Å². The van der Waals surface area contributed by atoms with Crippen molar-refractivity contribution in [1.29, 1.82) is 0 Å². The van der Waals surface area contributed by atoms with Crippen LogP contribution in [0.3, 0.4) is 0 Å². The lowest BCUT2D eigenvalue weighted by Crippen LogP contribution is -2.36. The fourth-order valence-electron chi connectivity index (χ4n) is 4.34. The molecule has 0 saturated carbocycles. The molecule has 6 nitrogen and oxygen atoms in total. The highest BCUT2D eigenvalue weighted by molar-refractivity contribution is 9.10. The molecule has 0 amide bonds. The highest BCUT2D eigenvalue weighted by atomic mass is 79.9. The molecule has 1 aliphatic heterocycles. The minimum Gasteiger partial charge on any atom is -0.461 e. The van der Waals surface area contributed by atoms with Gasteiger partial charge in [0, 0.05) is 16.1 Å². The van der Waals surface area contributed by atoms with Gasteiger partial charge in [0.1, 0.15) is 24.4 Å². The summed E-state index contributed by atoms with van der Waals surface area (Å²) < 4.78 is 17.1. The first-order valence-electron chi connectivity index (χ1n) is 12.2. The van der Waals surface area contributed by atoms with Crippen molar-refractivity contribution >= 4 is 33.8 Å². The van der Waals surface area contributed by atoms with Crippen LogP contribution in [-0.4, -0.2) is 17.9 Å². The van der Waals surface area contributed by atoms with Gasteiger partial charge in [0.25, 0.3) is 0 Å². The first-order valence-corrected chi connectivity index (χ1v) is 12.9. The van der Waals surface area contributed by atoms with Crippen molar-refractivity contribution in [2.45, 2.75) is 37.9 Å². The third-order valence-electron chi connectivity index (χ3n) is 6.32. The molecule has 0 saturated heterocycles. The largest absolute Gasteiger partial charge is 0.461 e. The highest BCUT2D eigenvalue weighted by Crippen LogP contribution is 2.49. The van der Waals surface area contributed by atoms with Crippen molar-refractivity contribution < 1.29 is 28.6 Å². The SMILES string of the molecule is C=C(CC(=O)OCc1ccccc1)C1(CC/C=C/C(=O)OCc2ccccc2)C(=O)Oc2ccc(Br)cc21. The van der Waals surface area contributed by atoms with Crippen molar-refractivity contribution in [2.75, 3.05) is 0 Å². The van der Waals surface area contributed by atoms with Gasteiger partial charge in [-0.3, -0.25) is 9.59 Å². The van der Waals surface area contributed by atoms with E-state index < -0.39 is 23.3 Å². The Hall–Kier alpha value is -3.97. The molecule has 1 unspecified atom stereocenters. The van der Waals surface area contributed by atoms with Gasteiger partial charge in [-0.2, -0.15) is 0 Å². The molecule has 3 aromatic carbocycles. The van der Waals surface area contributed by atoms with E-state index in [-0.39, 0.29) is 26.1 Å². The Bertz CT molecular complexity index is 1350. The number of allylic oxidation sites excluding steroid dienone is 1. The Kier molecular flexibility index (Phi) is 8.92. The number of carbonyl (C=O) groups excluding carboxylic acids is 3. The summed E-state index contributed by atoms with van der Waals surface area (Å²) in [6, 6.07) is 24.0. The lowest BCUT2D eigenvalue weighted by Gasteiger charge is -2.28. The van der Waals surface area contributed by atoms with Crippen LogP contribution in [0, 0.1) is 0 Å². The second-order valence-electron chi connectivity index (χ2n) is 8.90. The number of carbonyl (C=O) groups is 3. The van der Waals surface area contributed by atoms with E-state index in [4.69, 9.17) is 14.2 Å². The summed E-state index contributed by atoms with van der Waals surface area (Å²) in [5.41, 5.74) is 1.48. The van der Waals surface area contributed by atoms with Crippen LogP contribution in [0.15, 0.2) is 108 Å². The second-order valence-corrected chi connectivity index (χ2v) is 9.81. The van der Waals surface area contributed by atoms with Crippen LogP contribution < -0.4 is 4.74 Å². The topological polar surface area (TPSA) is 78.9 Å². The Morgan fingerprint density at radius 2 is 1.55 bits per heavy atom. The number of hydrogen-bond donors (Lipinski definition) is 0. The maximum atomic E-state index is 13.3. The van der Waals surface area contributed by atoms with Crippen LogP contribution in [0.5, 0.6) is 5.75 Å². The minimum absolute atomic E-state index is 0.125. The number of fused-ring (bicyclic) bond motifs is 1. The van der Waals surface area contributed by atoms with Gasteiger partial charge in [-0.05, 0) is 47.7 Å². The van der Waals surface area contributed by atoms with Crippen molar-refractivity contribution in [3.8, 4) is 5.75 Å². The fourth-order valence-corrected chi connectivity index (χ4v) is 4.70. The van der Waals surface area contributed by atoms with Gasteiger partial charge < -0.3 is 14.2 Å². The molecular formula is C31H27BrO6. The summed E-state index contributed by atoms with van der Waals surface area (Å²) in [5.74, 6) is -1.06. The lowest BCUT2D eigenvalue weighted by molar-refractivity contribution is -0.144. The summed E-state index contributed by atoms with van der Waals surface area (Å²) in [6.07, 6.45) is 3.44. The minimum atomic E-state index is -1.26. The van der Waals surface area contributed by atoms with E-state index in [2.05, 4.69) is 22.5 Å². The number of hydrogen-bond acceptors (Lipinski definition) is 6. The maximum Gasteiger partial charge on any atom is 0.330 e. The number of ether oxygens (including phenoxy) is 3. The van der Waals surface area contributed by atoms with Crippen molar-refractivity contribution in [1.82, 2.24) is 0 Å². The molecule has 1 atom stereocenters. The first-order chi connectivity index (χ1) is 18.4. The molecule has 0 N–H and O–H groups in total. The number of benzene rings is 3. The van der Waals surface area contributed by atoms with Crippen LogP contribution in [-0.2, 0) is 42.5 Å². The van der Waals surface area contributed by atoms with Gasteiger partial charge in [0.15, 0.2) is 0 Å². The van der Waals surface area contributed by atoms with Crippen LogP contribution in [0.25, 0.3) is 0 Å². The quantitative estimate of drug-likeness (QED) is 0.114. The highest BCUT2D eigenvalue weighted by Gasteiger charge is 2.51. The summed E-state index contributed by atoms with van der Waals surface area (Å²) in [7, 11) is 0. The molecule has 1 aliphatic rings. The smallest absolute Gasteiger partial charge is 0.330 e. The molecule has 38 heavy (non-hydrogen) atoms. The molecule has 0 fully saturated rings. The molecule has 0 aromatic heterocycles. The molecule has 194 valence electrons. The molecule has 0 radical (unpaired) electrons. The summed E-state index contributed by atoms with van der Waals surface area (Å²) in [6.45, 7) is 4.42.